The van der Waals surface area contributed by atoms with Crippen LogP contribution in [-0.4, -0.2) is 76.3 Å². The van der Waals surface area contributed by atoms with E-state index >= 15 is 4.39 Å². The third-order valence-corrected chi connectivity index (χ3v) is 6.92. The number of anilines is 2. The predicted molar refractivity (Wildman–Crippen MR) is 159 cm³/mol. The molecular weight excluding hydrogens is 524 g/mol. The molecule has 0 amide bonds. The average Bonchev–Trinajstić information content (AvgIpc) is 3.55. The van der Waals surface area contributed by atoms with E-state index < -0.39 is 0 Å². The van der Waals surface area contributed by atoms with Gasteiger partial charge >= 0.3 is 0 Å². The largest absolute Gasteiger partial charge is 0.384 e. The smallest absolute Gasteiger partial charge is 0.178 e. The van der Waals surface area contributed by atoms with Crippen molar-refractivity contribution in [2.24, 2.45) is 0 Å². The second-order valence-corrected chi connectivity index (χ2v) is 10.4. The van der Waals surface area contributed by atoms with Crippen molar-refractivity contribution >= 4 is 33.4 Å². The second-order valence-electron chi connectivity index (χ2n) is 10.4. The van der Waals surface area contributed by atoms with E-state index in [0.717, 1.165) is 17.8 Å². The molecule has 0 unspecified atom stereocenters. The third-order valence-electron chi connectivity index (χ3n) is 6.92. The summed E-state index contributed by atoms with van der Waals surface area (Å²) in [5.41, 5.74) is 6.20. The van der Waals surface area contributed by atoms with Crippen LogP contribution in [0.25, 0.3) is 55.8 Å². The van der Waals surface area contributed by atoms with E-state index in [1.165, 1.54) is 18.2 Å². The molecule has 6 rings (SSSR count). The van der Waals surface area contributed by atoms with Gasteiger partial charge < -0.3 is 20.1 Å². The fourth-order valence-electron chi connectivity index (χ4n) is 4.79. The van der Waals surface area contributed by atoms with Crippen molar-refractivity contribution in [3.8, 4) is 33.8 Å². The van der Waals surface area contributed by atoms with Crippen molar-refractivity contribution in [1.82, 2.24) is 35.0 Å². The van der Waals surface area contributed by atoms with Crippen LogP contribution >= 0.6 is 0 Å². The van der Waals surface area contributed by atoms with E-state index in [-0.39, 0.29) is 11.6 Å². The summed E-state index contributed by atoms with van der Waals surface area (Å²) in [4.78, 5) is 20.7. The van der Waals surface area contributed by atoms with Crippen LogP contribution in [0.1, 0.15) is 0 Å². The van der Waals surface area contributed by atoms with E-state index in [4.69, 9.17) is 4.98 Å². The molecule has 208 valence electrons. The first-order chi connectivity index (χ1) is 19.8. The van der Waals surface area contributed by atoms with Crippen LogP contribution in [0.5, 0.6) is 0 Å². The maximum absolute atomic E-state index is 15.2. The highest BCUT2D eigenvalue weighted by molar-refractivity contribution is 5.97. The Morgan fingerprint density at radius 2 is 1.78 bits per heavy atom. The van der Waals surface area contributed by atoms with Gasteiger partial charge in [0.2, 0.25) is 0 Å². The van der Waals surface area contributed by atoms with E-state index in [1.54, 1.807) is 24.7 Å². The van der Waals surface area contributed by atoms with Crippen molar-refractivity contribution in [2.75, 3.05) is 51.5 Å². The van der Waals surface area contributed by atoms with Crippen LogP contribution in [0.3, 0.4) is 0 Å². The lowest BCUT2D eigenvalue weighted by molar-refractivity contribution is 0.425. The van der Waals surface area contributed by atoms with Gasteiger partial charge in [-0.1, -0.05) is 0 Å². The molecule has 11 heteroatoms. The fourth-order valence-corrected chi connectivity index (χ4v) is 4.79. The van der Waals surface area contributed by atoms with Crippen molar-refractivity contribution in [3.63, 3.8) is 0 Å². The number of halogens is 2. The Balaban J connectivity index is 1.41. The summed E-state index contributed by atoms with van der Waals surface area (Å²) in [6.07, 6.45) is 5.01. The average molecular weight is 554 g/mol. The highest BCUT2D eigenvalue weighted by atomic mass is 19.1. The first-order valence-electron chi connectivity index (χ1n) is 13.1. The lowest BCUT2D eigenvalue weighted by Gasteiger charge is -2.13. The van der Waals surface area contributed by atoms with Crippen molar-refractivity contribution in [1.29, 1.82) is 0 Å². The van der Waals surface area contributed by atoms with Crippen LogP contribution in [0.4, 0.5) is 20.2 Å². The normalized spacial score (nSPS) is 11.6. The molecule has 0 saturated heterocycles. The van der Waals surface area contributed by atoms with E-state index in [0.29, 0.717) is 62.5 Å². The van der Waals surface area contributed by atoms with Crippen molar-refractivity contribution in [2.45, 2.75) is 0 Å². The number of nitrogens with one attached hydrogen (secondary N) is 3. The minimum atomic E-state index is -0.389. The van der Waals surface area contributed by atoms with Crippen LogP contribution in [0, 0.1) is 11.6 Å². The van der Waals surface area contributed by atoms with Crippen LogP contribution < -0.4 is 10.2 Å². The summed E-state index contributed by atoms with van der Waals surface area (Å²) in [5.74, 6) is -0.273. The first-order valence-corrected chi connectivity index (χ1v) is 13.1. The van der Waals surface area contributed by atoms with Gasteiger partial charge in [-0.2, -0.15) is 5.10 Å². The van der Waals surface area contributed by atoms with E-state index in [1.807, 2.05) is 51.3 Å². The Hall–Kier alpha value is -4.90. The van der Waals surface area contributed by atoms with Gasteiger partial charge in [0.25, 0.3) is 0 Å². The molecule has 0 spiro atoms. The summed E-state index contributed by atoms with van der Waals surface area (Å²) in [6, 6.07) is 11.8. The summed E-state index contributed by atoms with van der Waals surface area (Å²) < 4.78 is 29.8. The fraction of sp³-hybridized carbons (Fsp3) is 0.200. The molecule has 0 saturated carbocycles. The van der Waals surface area contributed by atoms with Gasteiger partial charge in [-0.15, -0.1) is 0 Å². The molecule has 0 radical (unpaired) electrons. The third kappa shape index (κ3) is 5.19. The number of aromatic nitrogens is 6. The molecule has 0 aliphatic rings. The molecule has 0 aliphatic carbocycles. The van der Waals surface area contributed by atoms with Gasteiger partial charge in [-0.05, 0) is 56.1 Å². The number of hydrogen-bond acceptors (Lipinski definition) is 7. The number of fused-ring (bicyclic) bond motifs is 2. The topological polar surface area (TPSA) is 102 Å². The summed E-state index contributed by atoms with van der Waals surface area (Å²) in [5, 5.41) is 11.3. The monoisotopic (exact) mass is 553 g/mol. The number of nitrogens with zero attached hydrogens (tertiary/aromatic N) is 6. The molecule has 9 nitrogen and oxygen atoms in total. The highest BCUT2D eigenvalue weighted by Crippen LogP contribution is 2.35. The highest BCUT2D eigenvalue weighted by Gasteiger charge is 2.19. The SMILES string of the molecule is CN(C)CCNc1cc(F)cc(-c2ccnc3nc(-c4n[nH]c5cc(F)c(-c6cncc(N(C)C)c6)cc45)[nH]c23)c1. The number of benzene rings is 2. The zero-order chi connectivity index (χ0) is 28.7. The molecule has 0 aliphatic heterocycles. The maximum atomic E-state index is 15.2. The number of aromatic amines is 2. The maximum Gasteiger partial charge on any atom is 0.178 e. The summed E-state index contributed by atoms with van der Waals surface area (Å²) in [7, 11) is 7.79. The summed E-state index contributed by atoms with van der Waals surface area (Å²) >= 11 is 0. The Labute approximate surface area is 235 Å². The molecule has 41 heavy (non-hydrogen) atoms. The molecule has 0 fully saturated rings. The minimum Gasteiger partial charge on any atom is -0.384 e. The second kappa shape index (κ2) is 10.6. The van der Waals surface area contributed by atoms with Crippen LogP contribution in [0.15, 0.2) is 61.1 Å². The molecule has 0 atom stereocenters. The van der Waals surface area contributed by atoms with Crippen molar-refractivity contribution < 1.29 is 8.78 Å². The lowest BCUT2D eigenvalue weighted by Crippen LogP contribution is -2.20. The zero-order valence-electron chi connectivity index (χ0n) is 23.1. The van der Waals surface area contributed by atoms with Crippen molar-refractivity contribution in [3.05, 3.63) is 72.7 Å². The molecule has 3 N–H and O–H groups in total. The van der Waals surface area contributed by atoms with Gasteiger partial charge in [0, 0.05) is 73.4 Å². The van der Waals surface area contributed by atoms with E-state index in [9.17, 15) is 4.39 Å². The van der Waals surface area contributed by atoms with Gasteiger partial charge in [-0.3, -0.25) is 10.1 Å². The Kier molecular flexibility index (Phi) is 6.80. The van der Waals surface area contributed by atoms with E-state index in [2.05, 4.69) is 35.4 Å². The van der Waals surface area contributed by atoms with Crippen LogP contribution in [0.2, 0.25) is 0 Å². The molecular formula is C30H29F2N9. The first kappa shape index (κ1) is 26.3. The predicted octanol–water partition coefficient (Wildman–Crippen LogP) is 5.55. The molecule has 4 heterocycles. The lowest BCUT2D eigenvalue weighted by atomic mass is 10.0. The zero-order valence-corrected chi connectivity index (χ0v) is 23.1. The number of rotatable bonds is 8. The minimum absolute atomic E-state index is 0.347. The molecule has 0 bridgehead atoms. The number of H-pyrrole nitrogens is 2. The number of imidazole rings is 1. The molecule has 4 aromatic heterocycles. The summed E-state index contributed by atoms with van der Waals surface area (Å²) in [6.45, 7) is 1.50. The number of likely N-dealkylation sites (N-methyl/N-ethyl adjacent to an activating group) is 1. The Bertz CT molecular complexity index is 1870. The van der Waals surface area contributed by atoms with Gasteiger partial charge in [0.1, 0.15) is 17.3 Å². The standard InChI is InChI=1S/C30H29F2N9/c1-40(2)8-7-34-20-10-17(9-19(31)12-20)22-5-6-35-29-27(22)36-30(37-29)28-24-13-23(25(32)14-26(24)38-39-28)18-11-21(41(3)4)16-33-15-18/h5-6,9-16,34H,7-8H2,1-4H3,(H,38,39)(H,35,36,37). The number of pyridine rings is 2. The van der Waals surface area contributed by atoms with Crippen LogP contribution in [-0.2, 0) is 0 Å². The molecule has 6 aromatic rings. The number of hydrogen-bond donors (Lipinski definition) is 3. The van der Waals surface area contributed by atoms with Gasteiger partial charge in [0.05, 0.1) is 22.9 Å². The van der Waals surface area contributed by atoms with Gasteiger partial charge in [0.15, 0.2) is 11.5 Å². The Morgan fingerprint density at radius 3 is 2.59 bits per heavy atom. The molecule has 2 aromatic carbocycles. The Morgan fingerprint density at radius 1 is 0.927 bits per heavy atom. The quantitative estimate of drug-likeness (QED) is 0.227. The van der Waals surface area contributed by atoms with Gasteiger partial charge in [-0.25, -0.2) is 18.7 Å².